The first-order chi connectivity index (χ1) is 16.3. The molecule has 3 rings (SSSR count). The van der Waals surface area contributed by atoms with E-state index in [1.165, 1.54) is 6.92 Å². The van der Waals surface area contributed by atoms with Crippen LogP contribution in [0.1, 0.15) is 51.3 Å². The maximum atomic E-state index is 12.9. The van der Waals surface area contributed by atoms with Crippen molar-refractivity contribution >= 4 is 23.4 Å². The summed E-state index contributed by atoms with van der Waals surface area (Å²) in [7, 11) is 0. The zero-order chi connectivity index (χ0) is 24.7. The summed E-state index contributed by atoms with van der Waals surface area (Å²) in [5.74, 6) is -0.413. The number of hydrogen-bond acceptors (Lipinski definition) is 6. The number of hydrogen-bond donors (Lipinski definition) is 3. The minimum absolute atomic E-state index is 0.0165. The Morgan fingerprint density at radius 2 is 1.97 bits per heavy atom. The van der Waals surface area contributed by atoms with Gasteiger partial charge in [-0.15, -0.1) is 5.10 Å². The monoisotopic (exact) mass is 488 g/mol. The fraction of sp³-hybridized carbons (Fsp3) is 0.500. The molecule has 0 radical (unpaired) electrons. The van der Waals surface area contributed by atoms with Crippen molar-refractivity contribution in [1.29, 1.82) is 0 Å². The van der Waals surface area contributed by atoms with E-state index < -0.39 is 12.1 Å². The molecule has 0 aliphatic heterocycles. The molecule has 2 amide bonds. The number of nitrogens with one attached hydrogen (secondary N) is 2. The van der Waals surface area contributed by atoms with E-state index in [1.54, 1.807) is 17.0 Å². The molecule has 0 saturated heterocycles. The van der Waals surface area contributed by atoms with E-state index in [-0.39, 0.29) is 30.5 Å². The largest absolute Gasteiger partial charge is 0.369 e. The van der Waals surface area contributed by atoms with Gasteiger partial charge in [-0.2, -0.15) is 0 Å². The van der Waals surface area contributed by atoms with Gasteiger partial charge in [-0.25, -0.2) is 4.68 Å². The molecule has 1 heterocycles. The van der Waals surface area contributed by atoms with Crippen molar-refractivity contribution in [2.45, 2.75) is 77.4 Å². The van der Waals surface area contributed by atoms with Crippen molar-refractivity contribution in [3.63, 3.8) is 0 Å². The average molecular weight is 489 g/mol. The molecule has 1 aromatic carbocycles. The van der Waals surface area contributed by atoms with E-state index in [1.807, 2.05) is 38.1 Å². The molecule has 4 N–H and O–H groups in total. The highest BCUT2D eigenvalue weighted by Crippen LogP contribution is 2.23. The number of carbonyl (C=O) groups is 2. The number of amides is 2. The van der Waals surface area contributed by atoms with Crippen LogP contribution in [-0.2, 0) is 27.4 Å². The third-order valence-electron chi connectivity index (χ3n) is 5.83. The minimum atomic E-state index is -0.474. The molecular formula is C24H33ClN6O3. The molecule has 184 valence electrons. The standard InChI is InChI=1S/C24H33ClN6O3/c1-4-20(5-2)34-22-11-17(10-21(26)23(22)28-15(3)32)24(33)27-12-19-14-31(30-29-19)13-16-6-8-18(25)9-7-16/h6-9,11,14,20-23H,4-5,10,12-13,26H2,1-3H3,(H,27,33)(H,28,32)/t21-,22+,23+/m0/s1. The quantitative estimate of drug-likeness (QED) is 0.471. The van der Waals surface area contributed by atoms with E-state index in [0.29, 0.717) is 29.3 Å². The number of carbonyl (C=O) groups excluding carboxylic acids is 2. The smallest absolute Gasteiger partial charge is 0.247 e. The van der Waals surface area contributed by atoms with Gasteiger partial charge in [0.15, 0.2) is 0 Å². The third-order valence-corrected chi connectivity index (χ3v) is 6.08. The number of benzene rings is 1. The lowest BCUT2D eigenvalue weighted by Crippen LogP contribution is -2.57. The summed E-state index contributed by atoms with van der Waals surface area (Å²) in [6.07, 6.45) is 5.12. The highest BCUT2D eigenvalue weighted by molar-refractivity contribution is 6.30. The summed E-state index contributed by atoms with van der Waals surface area (Å²) in [5, 5.41) is 14.7. The van der Waals surface area contributed by atoms with Crippen molar-refractivity contribution in [3.05, 3.63) is 58.4 Å². The van der Waals surface area contributed by atoms with Crippen molar-refractivity contribution in [2.24, 2.45) is 5.73 Å². The van der Waals surface area contributed by atoms with Crippen LogP contribution in [0.4, 0.5) is 0 Å². The molecule has 1 aliphatic carbocycles. The fourth-order valence-electron chi connectivity index (χ4n) is 3.97. The highest BCUT2D eigenvalue weighted by atomic mass is 35.5. The van der Waals surface area contributed by atoms with Crippen LogP contribution in [0.5, 0.6) is 0 Å². The summed E-state index contributed by atoms with van der Waals surface area (Å²) in [6.45, 7) is 6.33. The van der Waals surface area contributed by atoms with Crippen molar-refractivity contribution in [2.75, 3.05) is 0 Å². The number of nitrogens with two attached hydrogens (primary N) is 1. The maximum Gasteiger partial charge on any atom is 0.247 e. The van der Waals surface area contributed by atoms with Crippen LogP contribution in [0.3, 0.4) is 0 Å². The maximum absolute atomic E-state index is 12.9. The normalized spacial score (nSPS) is 20.2. The van der Waals surface area contributed by atoms with Crippen molar-refractivity contribution < 1.29 is 14.3 Å². The summed E-state index contributed by atoms with van der Waals surface area (Å²) in [5.41, 5.74) is 8.58. The van der Waals surface area contributed by atoms with Crippen LogP contribution in [-0.4, -0.2) is 51.1 Å². The van der Waals surface area contributed by atoms with Gasteiger partial charge in [-0.05, 0) is 43.0 Å². The van der Waals surface area contributed by atoms with Crippen LogP contribution in [0.15, 0.2) is 42.1 Å². The Bertz CT molecular complexity index is 1000. The van der Waals surface area contributed by atoms with E-state index in [9.17, 15) is 9.59 Å². The van der Waals surface area contributed by atoms with Gasteiger partial charge in [0.2, 0.25) is 11.8 Å². The molecule has 34 heavy (non-hydrogen) atoms. The first-order valence-electron chi connectivity index (χ1n) is 11.6. The first-order valence-corrected chi connectivity index (χ1v) is 12.0. The molecule has 1 aliphatic rings. The molecule has 0 unspecified atom stereocenters. The second-order valence-corrected chi connectivity index (χ2v) is 8.98. The van der Waals surface area contributed by atoms with Crippen LogP contribution in [0.2, 0.25) is 5.02 Å². The summed E-state index contributed by atoms with van der Waals surface area (Å²) in [4.78, 5) is 24.6. The lowest BCUT2D eigenvalue weighted by Gasteiger charge is -2.36. The Labute approximate surface area is 205 Å². The molecule has 0 fully saturated rings. The molecule has 0 saturated carbocycles. The van der Waals surface area contributed by atoms with Gasteiger partial charge >= 0.3 is 0 Å². The van der Waals surface area contributed by atoms with E-state index >= 15 is 0 Å². The summed E-state index contributed by atoms with van der Waals surface area (Å²) < 4.78 is 7.91. The van der Waals surface area contributed by atoms with Crippen LogP contribution in [0, 0.1) is 0 Å². The predicted octanol–water partition coefficient (Wildman–Crippen LogP) is 2.33. The number of ether oxygens (including phenoxy) is 1. The molecule has 1 aromatic heterocycles. The molecular weight excluding hydrogens is 456 g/mol. The Hall–Kier alpha value is -2.75. The molecule has 0 bridgehead atoms. The van der Waals surface area contributed by atoms with Gasteiger partial charge in [-0.3, -0.25) is 9.59 Å². The topological polar surface area (TPSA) is 124 Å². The molecule has 10 heteroatoms. The third kappa shape index (κ3) is 7.12. The van der Waals surface area contributed by atoms with Gasteiger partial charge in [0.05, 0.1) is 37.5 Å². The molecule has 0 spiro atoms. The fourth-order valence-corrected chi connectivity index (χ4v) is 4.10. The Balaban J connectivity index is 1.63. The summed E-state index contributed by atoms with van der Waals surface area (Å²) in [6, 6.07) is 6.69. The van der Waals surface area contributed by atoms with E-state index in [0.717, 1.165) is 18.4 Å². The zero-order valence-corrected chi connectivity index (χ0v) is 20.6. The van der Waals surface area contributed by atoms with Crippen molar-refractivity contribution in [1.82, 2.24) is 25.6 Å². The summed E-state index contributed by atoms with van der Waals surface area (Å²) >= 11 is 5.93. The second kappa shape index (κ2) is 12.1. The lowest BCUT2D eigenvalue weighted by atomic mass is 9.87. The lowest BCUT2D eigenvalue weighted by molar-refractivity contribution is -0.121. The molecule has 9 nitrogen and oxygen atoms in total. The van der Waals surface area contributed by atoms with Gasteiger partial charge in [-0.1, -0.05) is 42.8 Å². The number of rotatable bonds is 10. The first kappa shape index (κ1) is 25.9. The molecule has 2 aromatic rings. The molecule has 3 atom stereocenters. The van der Waals surface area contributed by atoms with Crippen molar-refractivity contribution in [3.8, 4) is 0 Å². The van der Waals surface area contributed by atoms with Crippen LogP contribution < -0.4 is 16.4 Å². The van der Waals surface area contributed by atoms with Crippen LogP contribution >= 0.6 is 11.6 Å². The van der Waals surface area contributed by atoms with Crippen LogP contribution in [0.25, 0.3) is 0 Å². The highest BCUT2D eigenvalue weighted by Gasteiger charge is 2.35. The number of halogens is 1. The average Bonchev–Trinajstić information content (AvgIpc) is 3.26. The van der Waals surface area contributed by atoms with E-state index in [4.69, 9.17) is 22.1 Å². The van der Waals surface area contributed by atoms with Gasteiger partial charge in [0, 0.05) is 23.6 Å². The minimum Gasteiger partial charge on any atom is -0.369 e. The van der Waals surface area contributed by atoms with Gasteiger partial charge in [0.1, 0.15) is 5.69 Å². The second-order valence-electron chi connectivity index (χ2n) is 8.54. The Morgan fingerprint density at radius 1 is 1.26 bits per heavy atom. The zero-order valence-electron chi connectivity index (χ0n) is 19.8. The Morgan fingerprint density at radius 3 is 2.62 bits per heavy atom. The van der Waals surface area contributed by atoms with Gasteiger partial charge < -0.3 is 21.1 Å². The Kier molecular flexibility index (Phi) is 9.20. The SMILES string of the molecule is CCC(CC)O[C@@H]1C=C(C(=O)NCc2cn(Cc3ccc(Cl)cc3)nn2)C[C@H](N)[C@H]1NC(C)=O. The van der Waals surface area contributed by atoms with E-state index in [2.05, 4.69) is 20.9 Å². The predicted molar refractivity (Wildman–Crippen MR) is 130 cm³/mol. The van der Waals surface area contributed by atoms with Gasteiger partial charge in [0.25, 0.3) is 0 Å². The number of nitrogens with zero attached hydrogens (tertiary/aromatic N) is 3. The number of aromatic nitrogens is 3.